The Hall–Kier alpha value is -0.330. The molecule has 0 aromatic heterocycles. The molecule has 0 saturated carbocycles. The summed E-state index contributed by atoms with van der Waals surface area (Å²) in [6, 6.07) is 0. The highest BCUT2D eigenvalue weighted by molar-refractivity contribution is 5.46. The molecule has 1 saturated heterocycles. The molecule has 0 radical (unpaired) electrons. The second-order valence-electron chi connectivity index (χ2n) is 2.35. The lowest BCUT2D eigenvalue weighted by Gasteiger charge is -2.07. The van der Waals surface area contributed by atoms with Crippen LogP contribution in [0.2, 0.25) is 0 Å². The van der Waals surface area contributed by atoms with E-state index in [9.17, 15) is 0 Å². The van der Waals surface area contributed by atoms with Gasteiger partial charge in [-0.1, -0.05) is 0 Å². The van der Waals surface area contributed by atoms with E-state index >= 15 is 0 Å². The summed E-state index contributed by atoms with van der Waals surface area (Å²) < 4.78 is 2.39. The molecule has 0 bridgehead atoms. The minimum atomic E-state index is 1.29. The highest BCUT2D eigenvalue weighted by atomic mass is 15.0. The monoisotopic (exact) mass is 112 g/mol. The fourth-order valence-electron chi connectivity index (χ4n) is 1.18. The van der Waals surface area contributed by atoms with Gasteiger partial charge in [0.1, 0.15) is 19.3 Å². The first kappa shape index (κ1) is 5.80. The topological polar surface area (TPSA) is 3.01 Å². The van der Waals surface area contributed by atoms with Crippen LogP contribution < -0.4 is 0 Å². The fourth-order valence-corrected chi connectivity index (χ4v) is 1.18. The Morgan fingerprint density at radius 3 is 2.12 bits per heavy atom. The van der Waals surface area contributed by atoms with E-state index in [4.69, 9.17) is 0 Å². The molecule has 1 fully saturated rings. The van der Waals surface area contributed by atoms with Gasteiger partial charge >= 0.3 is 0 Å². The lowest BCUT2D eigenvalue weighted by Crippen LogP contribution is -2.19. The summed E-state index contributed by atoms with van der Waals surface area (Å²) in [5.41, 5.74) is 0. The number of hydrogen-bond acceptors (Lipinski definition) is 0. The molecule has 0 atom stereocenters. The molecule has 0 amide bonds. The highest BCUT2D eigenvalue weighted by Crippen LogP contribution is 2.02. The van der Waals surface area contributed by atoms with Gasteiger partial charge in [-0.15, -0.1) is 0 Å². The average Bonchev–Trinajstić information content (AvgIpc) is 1.90. The second kappa shape index (κ2) is 2.85. The van der Waals surface area contributed by atoms with Gasteiger partial charge in [-0.25, -0.2) is 4.58 Å². The number of nitrogens with zero attached hydrogens (tertiary/aromatic N) is 1. The largest absolute Gasteiger partial charge is 0.240 e. The predicted molar refractivity (Wildman–Crippen MR) is 35.6 cm³/mol. The summed E-state index contributed by atoms with van der Waals surface area (Å²) in [6.45, 7) is 4.69. The van der Waals surface area contributed by atoms with Gasteiger partial charge in [0.15, 0.2) is 0 Å². The van der Waals surface area contributed by atoms with E-state index in [1.165, 1.54) is 32.4 Å². The Morgan fingerprint density at radius 2 is 1.75 bits per heavy atom. The van der Waals surface area contributed by atoms with Gasteiger partial charge < -0.3 is 0 Å². The van der Waals surface area contributed by atoms with Crippen molar-refractivity contribution in [3.8, 4) is 0 Å². The summed E-state index contributed by atoms with van der Waals surface area (Å²) in [5.74, 6) is 0. The maximum absolute atomic E-state index is 2.39. The molecule has 1 heteroatoms. The Balaban J connectivity index is 2.33. The van der Waals surface area contributed by atoms with E-state index in [2.05, 4.69) is 17.7 Å². The summed E-state index contributed by atoms with van der Waals surface area (Å²) in [5, 5.41) is 0. The van der Waals surface area contributed by atoms with Crippen molar-refractivity contribution in [2.75, 3.05) is 13.1 Å². The van der Waals surface area contributed by atoms with Crippen molar-refractivity contribution in [1.29, 1.82) is 0 Å². The molecule has 1 aliphatic rings. The highest BCUT2D eigenvalue weighted by Gasteiger charge is 2.07. The average molecular weight is 112 g/mol. The molecule has 1 aliphatic heterocycles. The van der Waals surface area contributed by atoms with Gasteiger partial charge in [0.05, 0.1) is 0 Å². The zero-order chi connectivity index (χ0) is 5.82. The molecule has 0 aromatic carbocycles. The lowest BCUT2D eigenvalue weighted by atomic mass is 10.2. The number of hydrogen-bond donors (Lipinski definition) is 0. The van der Waals surface area contributed by atoms with Crippen molar-refractivity contribution in [3.63, 3.8) is 0 Å². The van der Waals surface area contributed by atoms with Crippen molar-refractivity contribution in [3.05, 3.63) is 0 Å². The van der Waals surface area contributed by atoms with Crippen LogP contribution >= 0.6 is 0 Å². The summed E-state index contributed by atoms with van der Waals surface area (Å²) in [6.07, 6.45) is 6.41. The first-order chi connectivity index (χ1) is 3.93. The molecule has 8 heavy (non-hydrogen) atoms. The van der Waals surface area contributed by atoms with E-state index in [0.29, 0.717) is 0 Å². The van der Waals surface area contributed by atoms with Crippen LogP contribution in [0.25, 0.3) is 0 Å². The molecular weight excluding hydrogens is 98.1 g/mol. The molecule has 46 valence electrons. The van der Waals surface area contributed by atoms with Crippen molar-refractivity contribution in [2.45, 2.75) is 26.2 Å². The van der Waals surface area contributed by atoms with Gasteiger partial charge in [0.2, 0.25) is 0 Å². The number of rotatable bonds is 0. The first-order valence-corrected chi connectivity index (χ1v) is 3.47. The van der Waals surface area contributed by atoms with E-state index < -0.39 is 0 Å². The molecular formula is C7H14N+. The summed E-state index contributed by atoms with van der Waals surface area (Å²) in [7, 11) is 0. The second-order valence-corrected chi connectivity index (χ2v) is 2.35. The smallest absolute Gasteiger partial charge is 0.142 e. The third-order valence-corrected chi connectivity index (χ3v) is 1.76. The van der Waals surface area contributed by atoms with Crippen molar-refractivity contribution in [2.24, 2.45) is 0 Å². The molecule has 1 heterocycles. The van der Waals surface area contributed by atoms with Gasteiger partial charge in [-0.05, 0) is 6.42 Å². The molecule has 0 aliphatic carbocycles. The quantitative estimate of drug-likeness (QED) is 0.415. The van der Waals surface area contributed by atoms with Gasteiger partial charge in [-0.2, -0.15) is 0 Å². The van der Waals surface area contributed by atoms with Crippen LogP contribution in [0.1, 0.15) is 26.2 Å². The summed E-state index contributed by atoms with van der Waals surface area (Å²) >= 11 is 0. The van der Waals surface area contributed by atoms with E-state index in [1.54, 1.807) is 0 Å². The van der Waals surface area contributed by atoms with Crippen LogP contribution in [-0.2, 0) is 0 Å². The molecule has 1 rings (SSSR count). The predicted octanol–water partition coefficient (Wildman–Crippen LogP) is 1.27. The van der Waals surface area contributed by atoms with Crippen molar-refractivity contribution < 1.29 is 4.58 Å². The maximum atomic E-state index is 2.39. The Morgan fingerprint density at radius 1 is 1.12 bits per heavy atom. The van der Waals surface area contributed by atoms with E-state index in [-0.39, 0.29) is 0 Å². The molecule has 0 N–H and O–H groups in total. The van der Waals surface area contributed by atoms with Crippen LogP contribution in [-0.4, -0.2) is 23.9 Å². The standard InChI is InChI=1S/C7H14N/c1-2-8-6-4-3-5-7-8/h2H,3-7H2,1H3/q+1. The minimum absolute atomic E-state index is 1.29. The van der Waals surface area contributed by atoms with Gasteiger partial charge in [0.25, 0.3) is 0 Å². The van der Waals surface area contributed by atoms with Crippen LogP contribution in [0.15, 0.2) is 0 Å². The Kier molecular flexibility index (Phi) is 2.07. The third kappa shape index (κ3) is 1.32. The van der Waals surface area contributed by atoms with E-state index in [1.807, 2.05) is 0 Å². The molecule has 0 aromatic rings. The first-order valence-electron chi connectivity index (χ1n) is 3.47. The zero-order valence-electron chi connectivity index (χ0n) is 5.56. The minimum Gasteiger partial charge on any atom is -0.240 e. The van der Waals surface area contributed by atoms with Gasteiger partial charge in [-0.3, -0.25) is 0 Å². The van der Waals surface area contributed by atoms with Crippen LogP contribution in [0.4, 0.5) is 0 Å². The maximum Gasteiger partial charge on any atom is 0.142 e. The lowest BCUT2D eigenvalue weighted by molar-refractivity contribution is -0.533. The SMILES string of the molecule is CC=[N+]1CCCCC1. The molecule has 0 spiro atoms. The van der Waals surface area contributed by atoms with Crippen LogP contribution in [0.5, 0.6) is 0 Å². The van der Waals surface area contributed by atoms with Crippen LogP contribution in [0, 0.1) is 0 Å². The summed E-state index contributed by atoms with van der Waals surface area (Å²) in [4.78, 5) is 0. The molecule has 1 nitrogen and oxygen atoms in total. The van der Waals surface area contributed by atoms with Crippen molar-refractivity contribution in [1.82, 2.24) is 0 Å². The molecule has 0 unspecified atom stereocenters. The third-order valence-electron chi connectivity index (χ3n) is 1.76. The van der Waals surface area contributed by atoms with Crippen molar-refractivity contribution >= 4 is 6.21 Å². The number of piperidine rings is 1. The van der Waals surface area contributed by atoms with E-state index in [0.717, 1.165) is 0 Å². The van der Waals surface area contributed by atoms with Gasteiger partial charge in [0, 0.05) is 19.8 Å². The van der Waals surface area contributed by atoms with Crippen LogP contribution in [0.3, 0.4) is 0 Å². The fraction of sp³-hybridized carbons (Fsp3) is 0.857. The zero-order valence-corrected chi connectivity index (χ0v) is 5.56. The Bertz CT molecular complexity index is 86.6. The normalized spacial score (nSPS) is 20.9. The Labute approximate surface area is 51.0 Å².